The quantitative estimate of drug-likeness (QED) is 0.753. The molecule has 2 heterocycles. The minimum Gasteiger partial charge on any atom is -0.368 e. The van der Waals surface area contributed by atoms with Gasteiger partial charge in [0.1, 0.15) is 11.3 Å². The Labute approximate surface area is 101 Å². The van der Waals surface area contributed by atoms with Gasteiger partial charge >= 0.3 is 0 Å². The van der Waals surface area contributed by atoms with E-state index in [1.165, 1.54) is 25.7 Å². The summed E-state index contributed by atoms with van der Waals surface area (Å²) in [5, 5.41) is 3.34. The van der Waals surface area contributed by atoms with E-state index in [9.17, 15) is 0 Å². The van der Waals surface area contributed by atoms with Gasteiger partial charge in [-0.15, -0.1) is 0 Å². The molecule has 0 fully saturated rings. The summed E-state index contributed by atoms with van der Waals surface area (Å²) in [5.41, 5.74) is 1.62. The van der Waals surface area contributed by atoms with Crippen LogP contribution in [0.3, 0.4) is 0 Å². The Morgan fingerprint density at radius 1 is 1.24 bits per heavy atom. The van der Waals surface area contributed by atoms with Gasteiger partial charge in [-0.3, -0.25) is 0 Å². The first-order chi connectivity index (χ1) is 8.31. The predicted molar refractivity (Wildman–Crippen MR) is 69.1 cm³/mol. The van der Waals surface area contributed by atoms with Crippen LogP contribution in [0.15, 0.2) is 6.33 Å². The van der Waals surface area contributed by atoms with E-state index in [4.69, 9.17) is 0 Å². The van der Waals surface area contributed by atoms with Gasteiger partial charge in [0.15, 0.2) is 11.5 Å². The molecule has 2 aromatic heterocycles. The number of hydrogen-bond acceptors (Lipinski definition) is 4. The molecule has 0 saturated carbocycles. The van der Waals surface area contributed by atoms with Gasteiger partial charge in [0, 0.05) is 6.54 Å². The first kappa shape index (κ1) is 11.8. The van der Waals surface area contributed by atoms with Crippen LogP contribution in [0, 0.1) is 6.92 Å². The van der Waals surface area contributed by atoms with Gasteiger partial charge in [-0.25, -0.2) is 15.0 Å². The highest BCUT2D eigenvalue weighted by atomic mass is 15.1. The lowest BCUT2D eigenvalue weighted by atomic mass is 10.2. The molecule has 0 unspecified atom stereocenters. The SMILES string of the molecule is CCCCCCNc1nc(C)nc2[nH]cnc12. The van der Waals surface area contributed by atoms with Crippen molar-refractivity contribution >= 4 is 17.0 Å². The predicted octanol–water partition coefficient (Wildman–Crippen LogP) is 2.65. The normalized spacial score (nSPS) is 10.9. The fourth-order valence-corrected chi connectivity index (χ4v) is 1.83. The molecule has 2 N–H and O–H groups in total. The van der Waals surface area contributed by atoms with Crippen molar-refractivity contribution in [3.63, 3.8) is 0 Å². The van der Waals surface area contributed by atoms with E-state index < -0.39 is 0 Å². The summed E-state index contributed by atoms with van der Waals surface area (Å²) in [6, 6.07) is 0. The van der Waals surface area contributed by atoms with Gasteiger partial charge in [-0.1, -0.05) is 26.2 Å². The second-order valence-electron chi connectivity index (χ2n) is 4.21. The van der Waals surface area contributed by atoms with E-state index in [2.05, 4.69) is 32.2 Å². The molecular formula is C12H19N5. The lowest BCUT2D eigenvalue weighted by Crippen LogP contribution is -2.05. The Hall–Kier alpha value is -1.65. The Kier molecular flexibility index (Phi) is 3.90. The molecule has 0 aromatic carbocycles. The minimum atomic E-state index is 0.762. The number of nitrogens with zero attached hydrogens (tertiary/aromatic N) is 3. The van der Waals surface area contributed by atoms with Gasteiger partial charge in [-0.2, -0.15) is 0 Å². The van der Waals surface area contributed by atoms with Gasteiger partial charge in [0.25, 0.3) is 0 Å². The van der Waals surface area contributed by atoms with Crippen molar-refractivity contribution in [2.45, 2.75) is 39.5 Å². The third-order valence-electron chi connectivity index (χ3n) is 2.71. The van der Waals surface area contributed by atoms with E-state index in [-0.39, 0.29) is 0 Å². The third-order valence-corrected chi connectivity index (χ3v) is 2.71. The van der Waals surface area contributed by atoms with Gasteiger partial charge in [-0.05, 0) is 13.3 Å². The van der Waals surface area contributed by atoms with Crippen molar-refractivity contribution in [3.05, 3.63) is 12.2 Å². The van der Waals surface area contributed by atoms with Crippen LogP contribution in [-0.4, -0.2) is 26.5 Å². The number of H-pyrrole nitrogens is 1. The maximum atomic E-state index is 4.39. The number of aryl methyl sites for hydroxylation is 1. The number of fused-ring (bicyclic) bond motifs is 1. The Morgan fingerprint density at radius 3 is 2.94 bits per heavy atom. The van der Waals surface area contributed by atoms with Crippen LogP contribution in [0.2, 0.25) is 0 Å². The molecule has 0 radical (unpaired) electrons. The van der Waals surface area contributed by atoms with Crippen LogP contribution in [0.5, 0.6) is 0 Å². The average molecular weight is 233 g/mol. The standard InChI is InChI=1S/C12H19N5/c1-3-4-5-6-7-13-11-10-12(15-8-14-10)17-9(2)16-11/h8H,3-7H2,1-2H3,(H2,13,14,15,16,17). The number of anilines is 1. The molecule has 5 heteroatoms. The van der Waals surface area contributed by atoms with Crippen LogP contribution < -0.4 is 5.32 Å². The van der Waals surface area contributed by atoms with E-state index in [0.29, 0.717) is 0 Å². The number of hydrogen-bond donors (Lipinski definition) is 2. The zero-order chi connectivity index (χ0) is 12.1. The third kappa shape index (κ3) is 2.93. The molecule has 0 bridgehead atoms. The molecule has 0 aliphatic heterocycles. The Bertz CT molecular complexity index is 477. The zero-order valence-corrected chi connectivity index (χ0v) is 10.5. The van der Waals surface area contributed by atoms with E-state index >= 15 is 0 Å². The maximum Gasteiger partial charge on any atom is 0.163 e. The number of nitrogens with one attached hydrogen (secondary N) is 2. The molecule has 2 rings (SSSR count). The van der Waals surface area contributed by atoms with E-state index in [1.54, 1.807) is 6.33 Å². The number of imidazole rings is 1. The summed E-state index contributed by atoms with van der Waals surface area (Å²) in [5.74, 6) is 1.60. The maximum absolute atomic E-state index is 4.39. The van der Waals surface area contributed by atoms with Crippen molar-refractivity contribution in [1.82, 2.24) is 19.9 Å². The zero-order valence-electron chi connectivity index (χ0n) is 10.5. The molecule has 5 nitrogen and oxygen atoms in total. The summed E-state index contributed by atoms with van der Waals surface area (Å²) < 4.78 is 0. The first-order valence-corrected chi connectivity index (χ1v) is 6.23. The summed E-state index contributed by atoms with van der Waals surface area (Å²) in [7, 11) is 0. The molecule has 0 saturated heterocycles. The molecule has 0 aliphatic rings. The van der Waals surface area contributed by atoms with Gasteiger partial charge in [0.05, 0.1) is 6.33 Å². The smallest absolute Gasteiger partial charge is 0.163 e. The second kappa shape index (κ2) is 5.61. The highest BCUT2D eigenvalue weighted by molar-refractivity contribution is 5.82. The molecule has 0 amide bonds. The summed E-state index contributed by atoms with van der Waals surface area (Å²) in [6.07, 6.45) is 6.64. The highest BCUT2D eigenvalue weighted by Gasteiger charge is 2.06. The molecular weight excluding hydrogens is 214 g/mol. The van der Waals surface area contributed by atoms with Crippen LogP contribution in [-0.2, 0) is 0 Å². The summed E-state index contributed by atoms with van der Waals surface area (Å²) >= 11 is 0. The van der Waals surface area contributed by atoms with E-state index in [0.717, 1.165) is 29.4 Å². The highest BCUT2D eigenvalue weighted by Crippen LogP contribution is 2.16. The van der Waals surface area contributed by atoms with Crippen molar-refractivity contribution in [2.24, 2.45) is 0 Å². The molecule has 0 atom stereocenters. The number of aromatic amines is 1. The first-order valence-electron chi connectivity index (χ1n) is 6.23. The van der Waals surface area contributed by atoms with Crippen LogP contribution >= 0.6 is 0 Å². The van der Waals surface area contributed by atoms with Crippen LogP contribution in [0.1, 0.15) is 38.4 Å². The summed E-state index contributed by atoms with van der Waals surface area (Å²) in [4.78, 5) is 15.9. The Morgan fingerprint density at radius 2 is 2.12 bits per heavy atom. The van der Waals surface area contributed by atoms with Crippen molar-refractivity contribution in [1.29, 1.82) is 0 Å². The minimum absolute atomic E-state index is 0.762. The molecule has 0 spiro atoms. The fourth-order valence-electron chi connectivity index (χ4n) is 1.83. The summed E-state index contributed by atoms with van der Waals surface area (Å²) in [6.45, 7) is 5.05. The topological polar surface area (TPSA) is 66.5 Å². The molecule has 2 aromatic rings. The molecule has 0 aliphatic carbocycles. The van der Waals surface area contributed by atoms with Crippen LogP contribution in [0.4, 0.5) is 5.82 Å². The van der Waals surface area contributed by atoms with Crippen LogP contribution in [0.25, 0.3) is 11.2 Å². The lowest BCUT2D eigenvalue weighted by molar-refractivity contribution is 0.684. The van der Waals surface area contributed by atoms with Crippen molar-refractivity contribution in [3.8, 4) is 0 Å². The number of aromatic nitrogens is 4. The van der Waals surface area contributed by atoms with Gasteiger partial charge in [0.2, 0.25) is 0 Å². The molecule has 92 valence electrons. The van der Waals surface area contributed by atoms with E-state index in [1.807, 2.05) is 6.92 Å². The largest absolute Gasteiger partial charge is 0.368 e. The van der Waals surface area contributed by atoms with Gasteiger partial charge < -0.3 is 10.3 Å². The van der Waals surface area contributed by atoms with Crippen molar-refractivity contribution in [2.75, 3.05) is 11.9 Å². The van der Waals surface area contributed by atoms with Crippen molar-refractivity contribution < 1.29 is 0 Å². The fraction of sp³-hybridized carbons (Fsp3) is 0.583. The Balaban J connectivity index is 2.00. The lowest BCUT2D eigenvalue weighted by Gasteiger charge is -2.06. The monoisotopic (exact) mass is 233 g/mol. The number of unbranched alkanes of at least 4 members (excludes halogenated alkanes) is 3. The average Bonchev–Trinajstić information content (AvgIpc) is 2.76. The molecule has 17 heavy (non-hydrogen) atoms. The second-order valence-corrected chi connectivity index (χ2v) is 4.21. The number of rotatable bonds is 6.